The Morgan fingerprint density at radius 3 is 2.62 bits per heavy atom. The van der Waals surface area contributed by atoms with E-state index >= 15 is 0 Å². The summed E-state index contributed by atoms with van der Waals surface area (Å²) in [6, 6.07) is 7.26. The van der Waals surface area contributed by atoms with Crippen LogP contribution >= 0.6 is 15.9 Å². The lowest BCUT2D eigenvalue weighted by Crippen LogP contribution is -2.16. The summed E-state index contributed by atoms with van der Waals surface area (Å²) < 4.78 is 38.4. The number of amides is 1. The second kappa shape index (κ2) is 7.24. The van der Waals surface area contributed by atoms with Gasteiger partial charge in [-0.3, -0.25) is 14.9 Å². The predicted molar refractivity (Wildman–Crippen MR) is 91.1 cm³/mol. The van der Waals surface area contributed by atoms with Crippen LogP contribution in [-0.2, 0) is 17.4 Å². The fourth-order valence-corrected chi connectivity index (χ4v) is 2.57. The van der Waals surface area contributed by atoms with Crippen LogP contribution in [0.3, 0.4) is 0 Å². The van der Waals surface area contributed by atoms with E-state index in [1.54, 1.807) is 18.2 Å². The Balaban J connectivity index is 1.75. The summed E-state index contributed by atoms with van der Waals surface area (Å²) in [5, 5.41) is 9.20. The SMILES string of the molecule is O=C(Cc1ccc(C(F)(F)F)cn1)Nc1ccc(Br)cc1-c1ncn[nH]1. The van der Waals surface area contributed by atoms with Crippen molar-refractivity contribution in [3.63, 3.8) is 0 Å². The maximum absolute atomic E-state index is 12.5. The van der Waals surface area contributed by atoms with Crippen molar-refractivity contribution >= 4 is 27.5 Å². The number of aromatic amines is 1. The normalized spacial score (nSPS) is 11.4. The highest BCUT2D eigenvalue weighted by atomic mass is 79.9. The molecule has 0 unspecified atom stereocenters. The summed E-state index contributed by atoms with van der Waals surface area (Å²) in [6.45, 7) is 0. The maximum Gasteiger partial charge on any atom is 0.417 e. The number of alkyl halides is 3. The minimum absolute atomic E-state index is 0.163. The molecule has 1 aromatic carbocycles. The topological polar surface area (TPSA) is 83.6 Å². The Kier molecular flexibility index (Phi) is 5.03. The average Bonchev–Trinajstić information content (AvgIpc) is 3.10. The van der Waals surface area contributed by atoms with Gasteiger partial charge in [0.05, 0.1) is 17.7 Å². The van der Waals surface area contributed by atoms with E-state index < -0.39 is 17.6 Å². The smallest absolute Gasteiger partial charge is 0.325 e. The molecule has 0 saturated heterocycles. The molecule has 6 nitrogen and oxygen atoms in total. The lowest BCUT2D eigenvalue weighted by Gasteiger charge is -2.10. The van der Waals surface area contributed by atoms with Crippen LogP contribution in [0.4, 0.5) is 18.9 Å². The zero-order valence-electron chi connectivity index (χ0n) is 13.0. The Morgan fingerprint density at radius 2 is 2.00 bits per heavy atom. The molecule has 134 valence electrons. The van der Waals surface area contributed by atoms with Crippen LogP contribution in [0.15, 0.2) is 47.3 Å². The molecule has 10 heteroatoms. The number of halogens is 4. The Hall–Kier alpha value is -2.75. The maximum atomic E-state index is 12.5. The lowest BCUT2D eigenvalue weighted by molar-refractivity contribution is -0.137. The average molecular weight is 426 g/mol. The third kappa shape index (κ3) is 4.26. The minimum atomic E-state index is -4.46. The van der Waals surface area contributed by atoms with E-state index in [1.807, 2.05) is 0 Å². The molecule has 2 aromatic heterocycles. The summed E-state index contributed by atoms with van der Waals surface area (Å²) >= 11 is 3.35. The van der Waals surface area contributed by atoms with Crippen LogP contribution in [0, 0.1) is 0 Å². The Labute approximate surface area is 154 Å². The highest BCUT2D eigenvalue weighted by molar-refractivity contribution is 9.10. The van der Waals surface area contributed by atoms with E-state index in [9.17, 15) is 18.0 Å². The van der Waals surface area contributed by atoms with Crippen LogP contribution in [-0.4, -0.2) is 26.1 Å². The summed E-state index contributed by atoms with van der Waals surface area (Å²) in [7, 11) is 0. The standard InChI is InChI=1S/C16H11BrF3N5O/c17-10-2-4-13(12(5-10)15-22-8-23-25-15)24-14(26)6-11-3-1-9(7-21-11)16(18,19)20/h1-5,7-8H,6H2,(H,24,26)(H,22,23,25). The molecule has 0 aliphatic rings. The molecule has 3 aromatic rings. The molecule has 0 saturated carbocycles. The van der Waals surface area contributed by atoms with Crippen LogP contribution in [0.5, 0.6) is 0 Å². The van der Waals surface area contributed by atoms with Gasteiger partial charge in [-0.15, -0.1) is 0 Å². The number of anilines is 1. The number of hydrogen-bond acceptors (Lipinski definition) is 4. The molecule has 0 fully saturated rings. The highest BCUT2D eigenvalue weighted by Crippen LogP contribution is 2.29. The van der Waals surface area contributed by atoms with Gasteiger partial charge < -0.3 is 5.32 Å². The van der Waals surface area contributed by atoms with Gasteiger partial charge in [0.25, 0.3) is 0 Å². The van der Waals surface area contributed by atoms with E-state index in [-0.39, 0.29) is 12.1 Å². The van der Waals surface area contributed by atoms with Crippen LogP contribution in [0.1, 0.15) is 11.3 Å². The number of hydrogen-bond donors (Lipinski definition) is 2. The molecule has 0 spiro atoms. The number of aromatic nitrogens is 4. The molecule has 0 aliphatic heterocycles. The first-order valence-electron chi connectivity index (χ1n) is 7.30. The van der Waals surface area contributed by atoms with Gasteiger partial charge in [-0.05, 0) is 30.3 Å². The predicted octanol–water partition coefficient (Wildman–Crippen LogP) is 3.83. The van der Waals surface area contributed by atoms with Crippen molar-refractivity contribution in [1.29, 1.82) is 0 Å². The highest BCUT2D eigenvalue weighted by Gasteiger charge is 2.30. The van der Waals surface area contributed by atoms with Gasteiger partial charge in [-0.1, -0.05) is 15.9 Å². The summed E-state index contributed by atoms with van der Waals surface area (Å²) in [4.78, 5) is 20.0. The summed E-state index contributed by atoms with van der Waals surface area (Å²) in [5.41, 5.74) is 0.475. The number of rotatable bonds is 4. The Morgan fingerprint density at radius 1 is 1.19 bits per heavy atom. The van der Waals surface area contributed by atoms with Crippen molar-refractivity contribution in [2.75, 3.05) is 5.32 Å². The van der Waals surface area contributed by atoms with E-state index in [1.165, 1.54) is 12.4 Å². The largest absolute Gasteiger partial charge is 0.417 e. The van der Waals surface area contributed by atoms with Crippen molar-refractivity contribution < 1.29 is 18.0 Å². The molecular formula is C16H11BrF3N5O. The van der Waals surface area contributed by atoms with Gasteiger partial charge >= 0.3 is 6.18 Å². The third-order valence-electron chi connectivity index (χ3n) is 3.42. The molecule has 2 heterocycles. The third-order valence-corrected chi connectivity index (χ3v) is 3.91. The molecule has 0 bridgehead atoms. The van der Waals surface area contributed by atoms with Gasteiger partial charge in [-0.2, -0.15) is 18.3 Å². The molecule has 3 rings (SSSR count). The van der Waals surface area contributed by atoms with Crippen molar-refractivity contribution in [3.8, 4) is 11.4 Å². The molecule has 1 amide bonds. The second-order valence-electron chi connectivity index (χ2n) is 5.28. The van der Waals surface area contributed by atoms with Crippen molar-refractivity contribution in [3.05, 3.63) is 58.6 Å². The first-order valence-corrected chi connectivity index (χ1v) is 8.09. The number of nitrogens with one attached hydrogen (secondary N) is 2. The fourth-order valence-electron chi connectivity index (χ4n) is 2.21. The Bertz CT molecular complexity index is 911. The van der Waals surface area contributed by atoms with Crippen LogP contribution < -0.4 is 5.32 Å². The number of H-pyrrole nitrogens is 1. The van der Waals surface area contributed by atoms with Gasteiger partial charge in [-0.25, -0.2) is 4.98 Å². The molecule has 0 aliphatic carbocycles. The fraction of sp³-hybridized carbons (Fsp3) is 0.125. The van der Waals surface area contributed by atoms with E-state index in [4.69, 9.17) is 0 Å². The van der Waals surface area contributed by atoms with Crippen molar-refractivity contribution in [2.45, 2.75) is 12.6 Å². The molecule has 26 heavy (non-hydrogen) atoms. The first-order chi connectivity index (χ1) is 12.3. The first kappa shape index (κ1) is 18.1. The molecular weight excluding hydrogens is 415 g/mol. The van der Waals surface area contributed by atoms with E-state index in [2.05, 4.69) is 41.4 Å². The monoisotopic (exact) mass is 425 g/mol. The van der Waals surface area contributed by atoms with Gasteiger partial charge in [0.1, 0.15) is 6.33 Å². The van der Waals surface area contributed by atoms with Gasteiger partial charge in [0.2, 0.25) is 5.91 Å². The lowest BCUT2D eigenvalue weighted by atomic mass is 10.1. The van der Waals surface area contributed by atoms with Gasteiger partial charge in [0, 0.05) is 21.9 Å². The number of carbonyl (C=O) groups is 1. The zero-order chi connectivity index (χ0) is 18.7. The second-order valence-corrected chi connectivity index (χ2v) is 6.20. The van der Waals surface area contributed by atoms with Crippen molar-refractivity contribution in [2.24, 2.45) is 0 Å². The van der Waals surface area contributed by atoms with Crippen molar-refractivity contribution in [1.82, 2.24) is 20.2 Å². The molecule has 2 N–H and O–H groups in total. The van der Waals surface area contributed by atoms with Crippen LogP contribution in [0.2, 0.25) is 0 Å². The van der Waals surface area contributed by atoms with E-state index in [0.29, 0.717) is 23.3 Å². The summed E-state index contributed by atoms with van der Waals surface area (Å²) in [6.07, 6.45) is -2.57. The van der Waals surface area contributed by atoms with E-state index in [0.717, 1.165) is 10.5 Å². The number of benzene rings is 1. The van der Waals surface area contributed by atoms with Crippen LogP contribution in [0.25, 0.3) is 11.4 Å². The molecule has 0 radical (unpaired) electrons. The number of pyridine rings is 1. The van der Waals surface area contributed by atoms with Gasteiger partial charge in [0.15, 0.2) is 5.82 Å². The molecule has 0 atom stereocenters. The minimum Gasteiger partial charge on any atom is -0.325 e. The zero-order valence-corrected chi connectivity index (χ0v) is 14.6. The quantitative estimate of drug-likeness (QED) is 0.665. The number of nitrogens with zero attached hydrogens (tertiary/aromatic N) is 3. The number of carbonyl (C=O) groups excluding carboxylic acids is 1. The summed E-state index contributed by atoms with van der Waals surface area (Å²) in [5.74, 6) is 0.0506.